The van der Waals surface area contributed by atoms with Crippen molar-refractivity contribution < 1.29 is 18.8 Å². The van der Waals surface area contributed by atoms with Gasteiger partial charge < -0.3 is 5.32 Å². The Kier molecular flexibility index (Phi) is 7.58. The van der Waals surface area contributed by atoms with Gasteiger partial charge in [0.25, 0.3) is 0 Å². The number of imide groups is 1. The van der Waals surface area contributed by atoms with Gasteiger partial charge in [0.2, 0.25) is 17.7 Å². The predicted molar refractivity (Wildman–Crippen MR) is 162 cm³/mol. The van der Waals surface area contributed by atoms with Gasteiger partial charge in [-0.2, -0.15) is 0 Å². The number of amides is 3. The first-order chi connectivity index (χ1) is 19.6. The van der Waals surface area contributed by atoms with Gasteiger partial charge in [0.1, 0.15) is 17.6 Å². The van der Waals surface area contributed by atoms with E-state index < -0.39 is 40.6 Å². The van der Waals surface area contributed by atoms with Crippen molar-refractivity contribution >= 4 is 91.3 Å². The molecule has 1 aromatic heterocycles. The van der Waals surface area contributed by atoms with Crippen LogP contribution in [0.5, 0.6) is 0 Å². The molecule has 0 spiro atoms. The molecule has 0 saturated carbocycles. The van der Waals surface area contributed by atoms with Gasteiger partial charge in [-0.1, -0.05) is 74.4 Å². The second kappa shape index (κ2) is 11.0. The van der Waals surface area contributed by atoms with Crippen molar-refractivity contribution in [1.82, 2.24) is 4.57 Å². The highest BCUT2D eigenvalue weighted by atomic mass is 79.9. The van der Waals surface area contributed by atoms with Gasteiger partial charge in [0, 0.05) is 21.0 Å². The molecule has 1 N–H and O–H groups in total. The van der Waals surface area contributed by atoms with Crippen molar-refractivity contribution in [1.29, 1.82) is 0 Å². The van der Waals surface area contributed by atoms with Gasteiger partial charge >= 0.3 is 4.87 Å². The lowest BCUT2D eigenvalue weighted by Gasteiger charge is -2.30. The van der Waals surface area contributed by atoms with E-state index in [2.05, 4.69) is 21.2 Å². The maximum atomic E-state index is 13.9. The number of thioether (sulfide) groups is 1. The highest BCUT2D eigenvalue weighted by Crippen LogP contribution is 2.54. The van der Waals surface area contributed by atoms with Crippen molar-refractivity contribution in [2.75, 3.05) is 10.2 Å². The van der Waals surface area contributed by atoms with Gasteiger partial charge in [-0.3, -0.25) is 23.7 Å². The zero-order valence-corrected chi connectivity index (χ0v) is 25.4. The van der Waals surface area contributed by atoms with Crippen LogP contribution in [0.15, 0.2) is 81.0 Å². The topological polar surface area (TPSA) is 88.5 Å². The fourth-order valence-corrected chi connectivity index (χ4v) is 8.57. The standard InChI is InChI=1S/C28H17BrCl2FN3O4S2/c29-14-3-1-2-13(10-14)21-22-23(26(38)35(25(22)37)17-7-4-15(32)5-8-17)40-27-24(21)41-28(39)34(27)12-20(36)33-16-6-9-18(30)19(31)11-16/h1-11,21-23H,12H2,(H,33,36). The summed E-state index contributed by atoms with van der Waals surface area (Å²) in [5.41, 5.74) is 1.42. The molecule has 0 aliphatic carbocycles. The van der Waals surface area contributed by atoms with Crippen LogP contribution in [0.4, 0.5) is 15.8 Å². The summed E-state index contributed by atoms with van der Waals surface area (Å²) in [7, 11) is 0. The Hall–Kier alpha value is -2.96. The van der Waals surface area contributed by atoms with E-state index >= 15 is 0 Å². The van der Waals surface area contributed by atoms with Gasteiger partial charge in [-0.05, 0) is 60.2 Å². The third-order valence-electron chi connectivity index (χ3n) is 6.85. The summed E-state index contributed by atoms with van der Waals surface area (Å²) < 4.78 is 15.7. The Labute approximate surface area is 259 Å². The molecule has 208 valence electrons. The second-order valence-electron chi connectivity index (χ2n) is 9.39. The van der Waals surface area contributed by atoms with Crippen molar-refractivity contribution in [3.05, 3.63) is 107 Å². The fraction of sp³-hybridized carbons (Fsp3) is 0.143. The first-order valence-electron chi connectivity index (χ1n) is 12.2. The molecule has 3 heterocycles. The summed E-state index contributed by atoms with van der Waals surface area (Å²) >= 11 is 17.6. The Bertz CT molecular complexity index is 1800. The van der Waals surface area contributed by atoms with E-state index in [-0.39, 0.29) is 22.1 Å². The largest absolute Gasteiger partial charge is 0.324 e. The Balaban J connectivity index is 1.40. The first kappa shape index (κ1) is 28.2. The smallest absolute Gasteiger partial charge is 0.308 e. The minimum atomic E-state index is -0.859. The normalized spacial score (nSPS) is 19.7. The predicted octanol–water partition coefficient (Wildman–Crippen LogP) is 6.55. The molecule has 1 fully saturated rings. The maximum Gasteiger partial charge on any atom is 0.308 e. The minimum Gasteiger partial charge on any atom is -0.324 e. The number of anilines is 2. The third-order valence-corrected chi connectivity index (χ3v) is 10.7. The maximum absolute atomic E-state index is 13.9. The zero-order chi connectivity index (χ0) is 29.0. The molecular weight excluding hydrogens is 676 g/mol. The van der Waals surface area contributed by atoms with Crippen molar-refractivity contribution in [3.63, 3.8) is 0 Å². The summed E-state index contributed by atoms with van der Waals surface area (Å²) in [6.07, 6.45) is 0. The Morgan fingerprint density at radius 1 is 0.976 bits per heavy atom. The van der Waals surface area contributed by atoms with Crippen LogP contribution >= 0.6 is 62.2 Å². The van der Waals surface area contributed by atoms with E-state index in [0.29, 0.717) is 20.6 Å². The number of hydrogen-bond acceptors (Lipinski definition) is 6. The third kappa shape index (κ3) is 5.14. The zero-order valence-electron chi connectivity index (χ0n) is 20.6. The molecule has 0 radical (unpaired) electrons. The SMILES string of the molecule is O=C(Cn1c2c(sc1=O)C(c1cccc(Br)c1)C1C(=O)N(c3ccc(F)cc3)C(=O)C1S2)Nc1ccc(Cl)c(Cl)c1. The van der Waals surface area contributed by atoms with Gasteiger partial charge in [0.15, 0.2) is 0 Å². The summed E-state index contributed by atoms with van der Waals surface area (Å²) in [5, 5.41) is 2.92. The lowest BCUT2D eigenvalue weighted by molar-refractivity contribution is -0.122. The monoisotopic (exact) mass is 691 g/mol. The number of nitrogens with one attached hydrogen (secondary N) is 1. The molecule has 2 aliphatic heterocycles. The molecule has 3 amide bonds. The van der Waals surface area contributed by atoms with Crippen molar-refractivity contribution in [2.24, 2.45) is 5.92 Å². The van der Waals surface area contributed by atoms with E-state index in [0.717, 1.165) is 38.0 Å². The highest BCUT2D eigenvalue weighted by Gasteiger charge is 2.56. The molecule has 13 heteroatoms. The molecule has 3 unspecified atom stereocenters. The van der Waals surface area contributed by atoms with Crippen LogP contribution in [0.3, 0.4) is 0 Å². The number of nitrogens with zero attached hydrogens (tertiary/aromatic N) is 2. The van der Waals surface area contributed by atoms with Crippen LogP contribution in [0.25, 0.3) is 0 Å². The summed E-state index contributed by atoms with van der Waals surface area (Å²) in [4.78, 5) is 55.1. The molecule has 7 nitrogen and oxygen atoms in total. The average Bonchev–Trinajstić information content (AvgIpc) is 3.37. The molecule has 2 aliphatic rings. The lowest BCUT2D eigenvalue weighted by atomic mass is 9.83. The summed E-state index contributed by atoms with van der Waals surface area (Å²) in [6.45, 7) is -0.315. The van der Waals surface area contributed by atoms with E-state index in [1.807, 2.05) is 24.3 Å². The highest BCUT2D eigenvalue weighted by molar-refractivity contribution is 9.10. The van der Waals surface area contributed by atoms with Gasteiger partial charge in [-0.25, -0.2) is 9.29 Å². The van der Waals surface area contributed by atoms with Gasteiger partial charge in [-0.15, -0.1) is 0 Å². The first-order valence-corrected chi connectivity index (χ1v) is 15.4. The molecule has 3 aromatic carbocycles. The molecule has 0 bridgehead atoms. The molecule has 3 atom stereocenters. The van der Waals surface area contributed by atoms with Crippen molar-refractivity contribution in [2.45, 2.75) is 22.7 Å². The van der Waals surface area contributed by atoms with Crippen LogP contribution in [0.1, 0.15) is 16.4 Å². The lowest BCUT2D eigenvalue weighted by Crippen LogP contribution is -2.33. The quantitative estimate of drug-likeness (QED) is 0.240. The molecule has 1 saturated heterocycles. The number of halogens is 4. The summed E-state index contributed by atoms with van der Waals surface area (Å²) in [6, 6.07) is 17.2. The van der Waals surface area contributed by atoms with Crippen LogP contribution in [-0.4, -0.2) is 27.5 Å². The molecule has 6 rings (SSSR count). The Morgan fingerprint density at radius 3 is 2.44 bits per heavy atom. The second-order valence-corrected chi connectivity index (χ2v) is 13.2. The number of rotatable bonds is 5. The summed E-state index contributed by atoms with van der Waals surface area (Å²) in [5.74, 6) is -3.29. The number of carbonyl (C=O) groups is 3. The van der Waals surface area contributed by atoms with E-state index in [9.17, 15) is 23.6 Å². The number of benzene rings is 3. The van der Waals surface area contributed by atoms with Crippen molar-refractivity contribution in [3.8, 4) is 0 Å². The van der Waals surface area contributed by atoms with Crippen LogP contribution in [0, 0.1) is 11.7 Å². The Morgan fingerprint density at radius 2 is 1.73 bits per heavy atom. The van der Waals surface area contributed by atoms with E-state index in [4.69, 9.17) is 23.2 Å². The average molecular weight is 693 g/mol. The van der Waals surface area contributed by atoms with Crippen LogP contribution < -0.4 is 15.1 Å². The number of carbonyl (C=O) groups excluding carboxylic acids is 3. The number of hydrogen-bond donors (Lipinski definition) is 1. The van der Waals surface area contributed by atoms with Gasteiger partial charge in [0.05, 0.1) is 26.7 Å². The molecule has 41 heavy (non-hydrogen) atoms. The van der Waals surface area contributed by atoms with Crippen LogP contribution in [0.2, 0.25) is 10.0 Å². The minimum absolute atomic E-state index is 0.267. The molecule has 4 aromatic rings. The number of fused-ring (bicyclic) bond motifs is 2. The van der Waals surface area contributed by atoms with E-state index in [1.54, 1.807) is 12.1 Å². The molecular formula is C28H17BrCl2FN3O4S2. The van der Waals surface area contributed by atoms with Crippen LogP contribution in [-0.2, 0) is 20.9 Å². The number of aromatic nitrogens is 1. The fourth-order valence-electron chi connectivity index (χ4n) is 5.08. The number of thiazole rings is 1. The van der Waals surface area contributed by atoms with E-state index in [1.165, 1.54) is 34.9 Å².